The summed E-state index contributed by atoms with van der Waals surface area (Å²) in [7, 11) is 0. The van der Waals surface area contributed by atoms with E-state index in [1.165, 1.54) is 6.07 Å². The Morgan fingerprint density at radius 2 is 2.23 bits per heavy atom. The Labute approximate surface area is 125 Å². The van der Waals surface area contributed by atoms with Crippen molar-refractivity contribution in [3.05, 3.63) is 58.5 Å². The third kappa shape index (κ3) is 1.98. The van der Waals surface area contributed by atoms with E-state index < -0.39 is 0 Å². The minimum Gasteiger partial charge on any atom is -0.331 e. The summed E-state index contributed by atoms with van der Waals surface area (Å²) in [6.45, 7) is 1.80. The van der Waals surface area contributed by atoms with Crippen LogP contribution in [0, 0.1) is 0 Å². The van der Waals surface area contributed by atoms with E-state index in [4.69, 9.17) is 0 Å². The zero-order valence-electron chi connectivity index (χ0n) is 11.7. The first-order chi connectivity index (χ1) is 10.7. The standard InChI is InChI=1S/C15H13N5O2/c21-13-6-12(11-2-1-3-17-14(11)18-13)15(22)19-4-5-20-9-16-7-10(20)8-19/h1-3,6-7,9H,4-5,8H2,(H,17,18,21). The number of hydrogen-bond donors (Lipinski definition) is 1. The molecule has 0 bridgehead atoms. The topological polar surface area (TPSA) is 83.9 Å². The molecule has 0 spiro atoms. The van der Waals surface area contributed by atoms with Gasteiger partial charge in [-0.3, -0.25) is 9.59 Å². The maximum absolute atomic E-state index is 12.8. The number of fused-ring (bicyclic) bond motifs is 2. The van der Waals surface area contributed by atoms with E-state index >= 15 is 0 Å². The number of carbonyl (C=O) groups excluding carboxylic acids is 1. The maximum Gasteiger partial charge on any atom is 0.255 e. The molecule has 1 aliphatic heterocycles. The van der Waals surface area contributed by atoms with Crippen LogP contribution in [0.2, 0.25) is 0 Å². The fourth-order valence-corrected chi connectivity index (χ4v) is 2.79. The largest absolute Gasteiger partial charge is 0.331 e. The molecule has 0 saturated carbocycles. The second-order valence-corrected chi connectivity index (χ2v) is 5.25. The minimum absolute atomic E-state index is 0.156. The number of aromatic nitrogens is 4. The Morgan fingerprint density at radius 1 is 1.32 bits per heavy atom. The lowest BCUT2D eigenvalue weighted by Crippen LogP contribution is -2.38. The molecule has 1 aliphatic rings. The zero-order chi connectivity index (χ0) is 15.1. The van der Waals surface area contributed by atoms with Gasteiger partial charge in [-0.2, -0.15) is 0 Å². The van der Waals surface area contributed by atoms with Gasteiger partial charge in [-0.1, -0.05) is 0 Å². The van der Waals surface area contributed by atoms with Crippen LogP contribution in [0.4, 0.5) is 0 Å². The average Bonchev–Trinajstić information content (AvgIpc) is 3.00. The predicted molar refractivity (Wildman–Crippen MR) is 79.3 cm³/mol. The Morgan fingerprint density at radius 3 is 3.14 bits per heavy atom. The lowest BCUT2D eigenvalue weighted by atomic mass is 10.1. The van der Waals surface area contributed by atoms with Crippen molar-refractivity contribution in [2.24, 2.45) is 0 Å². The molecular formula is C15H13N5O2. The SMILES string of the molecule is O=C(c1cc(=O)[nH]c2ncccc12)N1CCn2cncc2C1. The molecule has 0 unspecified atom stereocenters. The Bertz CT molecular complexity index is 927. The summed E-state index contributed by atoms with van der Waals surface area (Å²) in [5.74, 6) is -0.156. The number of amides is 1. The van der Waals surface area contributed by atoms with E-state index in [0.29, 0.717) is 36.2 Å². The summed E-state index contributed by atoms with van der Waals surface area (Å²) in [5, 5.41) is 0.659. The highest BCUT2D eigenvalue weighted by Crippen LogP contribution is 2.18. The highest BCUT2D eigenvalue weighted by Gasteiger charge is 2.23. The van der Waals surface area contributed by atoms with E-state index in [-0.39, 0.29) is 11.5 Å². The summed E-state index contributed by atoms with van der Waals surface area (Å²) < 4.78 is 2.03. The van der Waals surface area contributed by atoms with Crippen LogP contribution in [0.3, 0.4) is 0 Å². The van der Waals surface area contributed by atoms with Gasteiger partial charge in [0.05, 0.1) is 24.1 Å². The van der Waals surface area contributed by atoms with Crippen LogP contribution in [0.1, 0.15) is 16.1 Å². The first kappa shape index (κ1) is 12.8. The first-order valence-corrected chi connectivity index (χ1v) is 6.99. The molecule has 0 fully saturated rings. The van der Waals surface area contributed by atoms with Crippen molar-refractivity contribution in [1.82, 2.24) is 24.4 Å². The Balaban J connectivity index is 1.76. The van der Waals surface area contributed by atoms with Crippen LogP contribution < -0.4 is 5.56 Å². The molecule has 0 aromatic carbocycles. The molecule has 3 aromatic heterocycles. The van der Waals surface area contributed by atoms with Crippen LogP contribution in [0.5, 0.6) is 0 Å². The van der Waals surface area contributed by atoms with Gasteiger partial charge < -0.3 is 14.5 Å². The van der Waals surface area contributed by atoms with Gasteiger partial charge in [-0.15, -0.1) is 0 Å². The molecule has 3 aromatic rings. The normalized spacial score (nSPS) is 14.1. The molecule has 4 rings (SSSR count). The summed E-state index contributed by atoms with van der Waals surface area (Å²) in [4.78, 5) is 37.2. The second-order valence-electron chi connectivity index (χ2n) is 5.25. The van der Waals surface area contributed by atoms with Crippen molar-refractivity contribution in [3.63, 3.8) is 0 Å². The Kier molecular flexibility index (Phi) is 2.78. The number of nitrogens with one attached hydrogen (secondary N) is 1. The van der Waals surface area contributed by atoms with E-state index in [2.05, 4.69) is 15.0 Å². The lowest BCUT2D eigenvalue weighted by molar-refractivity contribution is 0.0713. The quantitative estimate of drug-likeness (QED) is 0.719. The number of aromatic amines is 1. The molecule has 7 heteroatoms. The highest BCUT2D eigenvalue weighted by atomic mass is 16.2. The van der Waals surface area contributed by atoms with Gasteiger partial charge in [-0.05, 0) is 12.1 Å². The zero-order valence-corrected chi connectivity index (χ0v) is 11.7. The smallest absolute Gasteiger partial charge is 0.255 e. The molecule has 0 saturated heterocycles. The average molecular weight is 295 g/mol. The van der Waals surface area contributed by atoms with Gasteiger partial charge in [-0.25, -0.2) is 9.97 Å². The third-order valence-electron chi connectivity index (χ3n) is 3.89. The molecular weight excluding hydrogens is 282 g/mol. The van der Waals surface area contributed by atoms with Gasteiger partial charge in [0.1, 0.15) is 5.65 Å². The fraction of sp³-hybridized carbons (Fsp3) is 0.200. The number of rotatable bonds is 1. The van der Waals surface area contributed by atoms with Crippen molar-refractivity contribution < 1.29 is 4.79 Å². The van der Waals surface area contributed by atoms with Crippen LogP contribution >= 0.6 is 0 Å². The molecule has 1 N–H and O–H groups in total. The summed E-state index contributed by atoms with van der Waals surface area (Å²) >= 11 is 0. The van der Waals surface area contributed by atoms with Crippen molar-refractivity contribution >= 4 is 16.9 Å². The minimum atomic E-state index is -0.323. The summed E-state index contributed by atoms with van der Waals surface area (Å²) in [5.41, 5.74) is 1.49. The first-order valence-electron chi connectivity index (χ1n) is 6.99. The summed E-state index contributed by atoms with van der Waals surface area (Å²) in [6, 6.07) is 4.89. The van der Waals surface area contributed by atoms with Gasteiger partial charge in [0.2, 0.25) is 5.56 Å². The van der Waals surface area contributed by atoms with Gasteiger partial charge in [0.25, 0.3) is 5.91 Å². The predicted octanol–water partition coefficient (Wildman–Crippen LogP) is 0.776. The third-order valence-corrected chi connectivity index (χ3v) is 3.89. The number of carbonyl (C=O) groups is 1. The molecule has 4 heterocycles. The molecule has 110 valence electrons. The van der Waals surface area contributed by atoms with Crippen molar-refractivity contribution in [1.29, 1.82) is 0 Å². The Hall–Kier alpha value is -2.96. The molecule has 22 heavy (non-hydrogen) atoms. The van der Waals surface area contributed by atoms with Crippen molar-refractivity contribution in [2.45, 2.75) is 13.1 Å². The van der Waals surface area contributed by atoms with E-state index in [1.54, 1.807) is 35.8 Å². The molecule has 0 aliphatic carbocycles. The van der Waals surface area contributed by atoms with Gasteiger partial charge >= 0.3 is 0 Å². The van der Waals surface area contributed by atoms with Gasteiger partial charge in [0.15, 0.2) is 0 Å². The second kappa shape index (κ2) is 4.80. The number of imidazole rings is 1. The number of pyridine rings is 2. The summed E-state index contributed by atoms with van der Waals surface area (Å²) in [6.07, 6.45) is 5.12. The van der Waals surface area contributed by atoms with Crippen molar-refractivity contribution in [3.8, 4) is 0 Å². The van der Waals surface area contributed by atoms with E-state index in [1.807, 2.05) is 4.57 Å². The van der Waals surface area contributed by atoms with E-state index in [9.17, 15) is 9.59 Å². The van der Waals surface area contributed by atoms with Crippen LogP contribution in [-0.4, -0.2) is 36.9 Å². The highest BCUT2D eigenvalue weighted by molar-refractivity contribution is 6.05. The lowest BCUT2D eigenvalue weighted by Gasteiger charge is -2.28. The van der Waals surface area contributed by atoms with E-state index in [0.717, 1.165) is 5.69 Å². The fourth-order valence-electron chi connectivity index (χ4n) is 2.79. The van der Waals surface area contributed by atoms with Crippen molar-refractivity contribution in [2.75, 3.05) is 6.54 Å². The molecule has 7 nitrogen and oxygen atoms in total. The number of nitrogens with zero attached hydrogens (tertiary/aromatic N) is 4. The van der Waals surface area contributed by atoms with Crippen LogP contribution in [-0.2, 0) is 13.1 Å². The maximum atomic E-state index is 12.8. The van der Waals surface area contributed by atoms with Gasteiger partial charge in [0, 0.05) is 36.9 Å². The van der Waals surface area contributed by atoms with Crippen LogP contribution in [0.15, 0.2) is 41.7 Å². The monoisotopic (exact) mass is 295 g/mol. The molecule has 0 atom stereocenters. The number of hydrogen-bond acceptors (Lipinski definition) is 4. The van der Waals surface area contributed by atoms with Crippen LogP contribution in [0.25, 0.3) is 11.0 Å². The molecule has 0 radical (unpaired) electrons. The number of H-pyrrole nitrogens is 1. The molecule has 1 amide bonds.